The number of halogens is 1. The van der Waals surface area contributed by atoms with Crippen molar-refractivity contribution in [1.82, 2.24) is 9.97 Å². The average molecular weight is 390 g/mol. The summed E-state index contributed by atoms with van der Waals surface area (Å²) in [5, 5.41) is 2.88. The van der Waals surface area contributed by atoms with E-state index in [-0.39, 0.29) is 17.6 Å². The van der Waals surface area contributed by atoms with Crippen molar-refractivity contribution in [3.05, 3.63) is 72.2 Å². The molecule has 1 amide bonds. The molecule has 6 heteroatoms. The highest BCUT2D eigenvalue weighted by Crippen LogP contribution is 2.25. The zero-order valence-corrected chi connectivity index (χ0v) is 16.3. The Labute approximate surface area is 169 Å². The fourth-order valence-electron chi connectivity index (χ4n) is 3.52. The first-order valence-electron chi connectivity index (χ1n) is 9.80. The normalized spacial score (nSPS) is 14.6. The first-order valence-corrected chi connectivity index (χ1v) is 9.80. The number of benzene rings is 2. The Morgan fingerprint density at radius 2 is 1.72 bits per heavy atom. The van der Waals surface area contributed by atoms with Crippen LogP contribution >= 0.6 is 0 Å². The van der Waals surface area contributed by atoms with Crippen LogP contribution in [0.2, 0.25) is 0 Å². The maximum Gasteiger partial charge on any atom is 0.227 e. The van der Waals surface area contributed by atoms with Crippen LogP contribution in [-0.4, -0.2) is 29.0 Å². The molecule has 0 bridgehead atoms. The number of aromatic nitrogens is 2. The van der Waals surface area contributed by atoms with Crippen LogP contribution in [0.15, 0.2) is 60.8 Å². The van der Waals surface area contributed by atoms with Gasteiger partial charge in [-0.2, -0.15) is 0 Å². The number of carbonyl (C=O) groups is 1. The maximum atomic E-state index is 13.0. The lowest BCUT2D eigenvalue weighted by Crippen LogP contribution is -2.38. The van der Waals surface area contributed by atoms with Gasteiger partial charge in [-0.3, -0.25) is 4.79 Å². The molecular weight excluding hydrogens is 367 g/mol. The van der Waals surface area contributed by atoms with Crippen LogP contribution in [0.3, 0.4) is 0 Å². The molecule has 0 spiro atoms. The van der Waals surface area contributed by atoms with Crippen molar-refractivity contribution in [2.75, 3.05) is 23.3 Å². The Balaban J connectivity index is 1.38. The number of carbonyl (C=O) groups excluding carboxylic acids is 1. The highest BCUT2D eigenvalue weighted by molar-refractivity contribution is 5.92. The number of hydrogen-bond donors (Lipinski definition) is 1. The van der Waals surface area contributed by atoms with Crippen LogP contribution in [0.25, 0.3) is 11.4 Å². The van der Waals surface area contributed by atoms with Gasteiger partial charge in [-0.1, -0.05) is 29.8 Å². The maximum absolute atomic E-state index is 13.0. The number of amides is 1. The molecule has 1 N–H and O–H groups in total. The van der Waals surface area contributed by atoms with Crippen LogP contribution in [0.1, 0.15) is 18.4 Å². The smallest absolute Gasteiger partial charge is 0.227 e. The zero-order chi connectivity index (χ0) is 20.2. The molecule has 5 nitrogen and oxygen atoms in total. The molecule has 0 aliphatic carbocycles. The molecule has 148 valence electrons. The first kappa shape index (κ1) is 19.1. The molecule has 4 rings (SSSR count). The van der Waals surface area contributed by atoms with Crippen LogP contribution in [-0.2, 0) is 4.79 Å². The highest BCUT2D eigenvalue weighted by Gasteiger charge is 2.26. The zero-order valence-electron chi connectivity index (χ0n) is 16.3. The summed E-state index contributed by atoms with van der Waals surface area (Å²) in [7, 11) is 0. The summed E-state index contributed by atoms with van der Waals surface area (Å²) in [6, 6.07) is 15.9. The fourth-order valence-corrected chi connectivity index (χ4v) is 3.52. The number of piperidine rings is 1. The summed E-state index contributed by atoms with van der Waals surface area (Å²) in [5.74, 6) is 1.20. The van der Waals surface area contributed by atoms with E-state index in [2.05, 4.69) is 34.3 Å². The summed E-state index contributed by atoms with van der Waals surface area (Å²) in [6.07, 6.45) is 3.28. The largest absolute Gasteiger partial charge is 0.356 e. The SMILES string of the molecule is Cc1ccc(-c2nccc(N3CCC(C(=O)Nc4ccc(F)cc4)CC3)n2)cc1. The van der Waals surface area contributed by atoms with Gasteiger partial charge < -0.3 is 10.2 Å². The van der Waals surface area contributed by atoms with Gasteiger partial charge in [-0.25, -0.2) is 14.4 Å². The number of nitrogens with zero attached hydrogens (tertiary/aromatic N) is 3. The number of hydrogen-bond acceptors (Lipinski definition) is 4. The first-order chi connectivity index (χ1) is 14.1. The van der Waals surface area contributed by atoms with Gasteiger partial charge in [0, 0.05) is 36.5 Å². The van der Waals surface area contributed by atoms with Crippen LogP contribution in [0, 0.1) is 18.7 Å². The molecule has 2 aromatic carbocycles. The van der Waals surface area contributed by atoms with Crippen molar-refractivity contribution in [2.24, 2.45) is 5.92 Å². The molecule has 0 radical (unpaired) electrons. The average Bonchev–Trinajstić information content (AvgIpc) is 2.76. The predicted molar refractivity (Wildman–Crippen MR) is 112 cm³/mol. The van der Waals surface area contributed by atoms with Crippen molar-refractivity contribution in [3.63, 3.8) is 0 Å². The summed E-state index contributed by atoms with van der Waals surface area (Å²) in [4.78, 5) is 23.8. The molecule has 1 aromatic heterocycles. The third-order valence-electron chi connectivity index (χ3n) is 5.25. The summed E-state index contributed by atoms with van der Waals surface area (Å²) < 4.78 is 13.0. The second-order valence-corrected chi connectivity index (χ2v) is 7.36. The van der Waals surface area contributed by atoms with Gasteiger partial charge in [0.25, 0.3) is 0 Å². The van der Waals surface area contributed by atoms with Crippen molar-refractivity contribution >= 4 is 17.4 Å². The van der Waals surface area contributed by atoms with E-state index in [9.17, 15) is 9.18 Å². The lowest BCUT2D eigenvalue weighted by molar-refractivity contribution is -0.120. The van der Waals surface area contributed by atoms with E-state index in [0.717, 1.165) is 37.3 Å². The van der Waals surface area contributed by atoms with Gasteiger partial charge in [-0.05, 0) is 50.1 Å². The third-order valence-corrected chi connectivity index (χ3v) is 5.25. The number of anilines is 2. The second kappa shape index (κ2) is 8.39. The molecule has 1 saturated heterocycles. The van der Waals surface area contributed by atoms with Gasteiger partial charge in [0.15, 0.2) is 5.82 Å². The number of aryl methyl sites for hydroxylation is 1. The van der Waals surface area contributed by atoms with Gasteiger partial charge in [0.1, 0.15) is 11.6 Å². The second-order valence-electron chi connectivity index (χ2n) is 7.36. The topological polar surface area (TPSA) is 58.1 Å². The van der Waals surface area contributed by atoms with E-state index < -0.39 is 0 Å². The molecule has 2 heterocycles. The molecule has 1 aliphatic rings. The minimum absolute atomic E-state index is 0.0145. The number of nitrogens with one attached hydrogen (secondary N) is 1. The minimum Gasteiger partial charge on any atom is -0.356 e. The van der Waals surface area contributed by atoms with Gasteiger partial charge in [0.2, 0.25) is 5.91 Å². The molecule has 3 aromatic rings. The van der Waals surface area contributed by atoms with E-state index in [1.165, 1.54) is 17.7 Å². The van der Waals surface area contributed by atoms with Crippen molar-refractivity contribution in [1.29, 1.82) is 0 Å². The van der Waals surface area contributed by atoms with E-state index in [4.69, 9.17) is 4.98 Å². The molecule has 29 heavy (non-hydrogen) atoms. The van der Waals surface area contributed by atoms with E-state index >= 15 is 0 Å². The van der Waals surface area contributed by atoms with E-state index in [1.54, 1.807) is 18.3 Å². The summed E-state index contributed by atoms with van der Waals surface area (Å²) >= 11 is 0. The highest BCUT2D eigenvalue weighted by atomic mass is 19.1. The van der Waals surface area contributed by atoms with Crippen molar-refractivity contribution in [3.8, 4) is 11.4 Å². The fraction of sp³-hybridized carbons (Fsp3) is 0.261. The Morgan fingerprint density at radius 1 is 1.03 bits per heavy atom. The quantitative estimate of drug-likeness (QED) is 0.715. The van der Waals surface area contributed by atoms with Crippen molar-refractivity contribution < 1.29 is 9.18 Å². The molecular formula is C23H23FN4O. The Kier molecular flexibility index (Phi) is 5.51. The molecule has 1 aliphatic heterocycles. The van der Waals surface area contributed by atoms with E-state index in [1.807, 2.05) is 18.2 Å². The minimum atomic E-state index is -0.314. The van der Waals surface area contributed by atoms with Gasteiger partial charge in [0.05, 0.1) is 0 Å². The van der Waals surface area contributed by atoms with Crippen LogP contribution < -0.4 is 10.2 Å². The van der Waals surface area contributed by atoms with Crippen LogP contribution in [0.4, 0.5) is 15.9 Å². The Morgan fingerprint density at radius 3 is 2.41 bits per heavy atom. The van der Waals surface area contributed by atoms with E-state index in [0.29, 0.717) is 11.5 Å². The third kappa shape index (κ3) is 4.59. The van der Waals surface area contributed by atoms with Gasteiger partial charge >= 0.3 is 0 Å². The predicted octanol–water partition coefficient (Wildman–Crippen LogP) is 4.45. The molecule has 1 fully saturated rings. The summed E-state index contributed by atoms with van der Waals surface area (Å²) in [5.41, 5.74) is 2.81. The standard InChI is InChI=1S/C23H23FN4O/c1-16-2-4-17(5-3-16)22-25-13-10-21(27-22)28-14-11-18(12-15-28)23(29)26-20-8-6-19(24)7-9-20/h2-10,13,18H,11-12,14-15H2,1H3,(H,26,29). The lowest BCUT2D eigenvalue weighted by Gasteiger charge is -2.32. The van der Waals surface area contributed by atoms with Crippen LogP contribution in [0.5, 0.6) is 0 Å². The molecule has 0 saturated carbocycles. The summed E-state index contributed by atoms with van der Waals surface area (Å²) in [6.45, 7) is 3.56. The molecule has 0 unspecified atom stereocenters. The monoisotopic (exact) mass is 390 g/mol. The lowest BCUT2D eigenvalue weighted by atomic mass is 9.96. The number of rotatable bonds is 4. The van der Waals surface area contributed by atoms with Crippen molar-refractivity contribution in [2.45, 2.75) is 19.8 Å². The Bertz CT molecular complexity index is 981. The van der Waals surface area contributed by atoms with Gasteiger partial charge in [-0.15, -0.1) is 0 Å². The Hall–Kier alpha value is -3.28. The molecule has 0 atom stereocenters.